The summed E-state index contributed by atoms with van der Waals surface area (Å²) in [6.45, 7) is 4.00. The van der Waals surface area contributed by atoms with Crippen molar-refractivity contribution in [2.24, 2.45) is 0 Å². The average molecular weight is 180 g/mol. The first-order valence-corrected chi connectivity index (χ1v) is 4.06. The highest BCUT2D eigenvalue weighted by atomic mass is 16.6. The number of nitro benzene ring substituents is 1. The molecule has 13 heavy (non-hydrogen) atoms. The maximum absolute atomic E-state index is 10.4. The van der Waals surface area contributed by atoms with E-state index in [1.54, 1.807) is 6.07 Å². The SMILES string of the molecule is CC(C)c1ccc([N+](=O)[O-])cc1N. The fourth-order valence-corrected chi connectivity index (χ4v) is 1.20. The van der Waals surface area contributed by atoms with E-state index < -0.39 is 4.92 Å². The molecule has 0 saturated heterocycles. The number of rotatable bonds is 2. The molecule has 0 unspecified atom stereocenters. The Labute approximate surface area is 76.5 Å². The molecule has 0 spiro atoms. The second kappa shape index (κ2) is 3.43. The molecule has 0 aromatic heterocycles. The number of hydrogen-bond donors (Lipinski definition) is 1. The molecule has 70 valence electrons. The summed E-state index contributed by atoms with van der Waals surface area (Å²) in [5, 5.41) is 10.4. The highest BCUT2D eigenvalue weighted by Gasteiger charge is 2.10. The minimum Gasteiger partial charge on any atom is -0.398 e. The van der Waals surface area contributed by atoms with Crippen LogP contribution in [0.3, 0.4) is 0 Å². The van der Waals surface area contributed by atoms with Crippen molar-refractivity contribution in [3.05, 3.63) is 33.9 Å². The van der Waals surface area contributed by atoms with E-state index in [0.717, 1.165) is 5.56 Å². The Bertz CT molecular complexity index is 334. The summed E-state index contributed by atoms with van der Waals surface area (Å²) >= 11 is 0. The molecule has 0 radical (unpaired) electrons. The van der Waals surface area contributed by atoms with Crippen molar-refractivity contribution in [2.75, 3.05) is 5.73 Å². The summed E-state index contributed by atoms with van der Waals surface area (Å²) in [6.07, 6.45) is 0. The smallest absolute Gasteiger partial charge is 0.271 e. The van der Waals surface area contributed by atoms with Gasteiger partial charge in [0.25, 0.3) is 5.69 Å². The second-order valence-electron chi connectivity index (χ2n) is 3.23. The van der Waals surface area contributed by atoms with Gasteiger partial charge in [-0.05, 0) is 17.5 Å². The van der Waals surface area contributed by atoms with Crippen molar-refractivity contribution < 1.29 is 4.92 Å². The van der Waals surface area contributed by atoms with Crippen molar-refractivity contribution >= 4 is 11.4 Å². The molecule has 4 nitrogen and oxygen atoms in total. The Hall–Kier alpha value is -1.58. The minimum atomic E-state index is -0.444. The fourth-order valence-electron chi connectivity index (χ4n) is 1.20. The molecule has 0 aliphatic carbocycles. The molecule has 0 amide bonds. The van der Waals surface area contributed by atoms with E-state index >= 15 is 0 Å². The van der Waals surface area contributed by atoms with Crippen LogP contribution in [-0.4, -0.2) is 4.92 Å². The van der Waals surface area contributed by atoms with Crippen LogP contribution >= 0.6 is 0 Å². The molecule has 0 fully saturated rings. The Morgan fingerprint density at radius 3 is 2.46 bits per heavy atom. The molecule has 0 saturated carbocycles. The van der Waals surface area contributed by atoms with Gasteiger partial charge in [-0.2, -0.15) is 0 Å². The van der Waals surface area contributed by atoms with Gasteiger partial charge in [0.05, 0.1) is 4.92 Å². The summed E-state index contributed by atoms with van der Waals surface area (Å²) in [4.78, 5) is 9.94. The Kier molecular flexibility index (Phi) is 2.51. The van der Waals surface area contributed by atoms with E-state index in [9.17, 15) is 10.1 Å². The predicted octanol–water partition coefficient (Wildman–Crippen LogP) is 2.30. The molecule has 0 heterocycles. The fraction of sp³-hybridized carbons (Fsp3) is 0.333. The number of anilines is 1. The number of nitrogens with zero attached hydrogens (tertiary/aromatic N) is 1. The average Bonchev–Trinajstić information content (AvgIpc) is 2.03. The predicted molar refractivity (Wildman–Crippen MR) is 51.6 cm³/mol. The lowest BCUT2D eigenvalue weighted by Gasteiger charge is -2.07. The molecule has 0 aliphatic rings. The summed E-state index contributed by atoms with van der Waals surface area (Å²) in [6, 6.07) is 4.58. The maximum Gasteiger partial charge on any atom is 0.271 e. The topological polar surface area (TPSA) is 69.2 Å². The highest BCUT2D eigenvalue weighted by Crippen LogP contribution is 2.25. The largest absolute Gasteiger partial charge is 0.398 e. The zero-order valence-electron chi connectivity index (χ0n) is 7.65. The normalized spacial score (nSPS) is 10.4. The summed E-state index contributed by atoms with van der Waals surface area (Å²) in [7, 11) is 0. The van der Waals surface area contributed by atoms with E-state index in [-0.39, 0.29) is 5.69 Å². The number of nitro groups is 1. The van der Waals surface area contributed by atoms with Crippen LogP contribution in [-0.2, 0) is 0 Å². The van der Waals surface area contributed by atoms with Gasteiger partial charge >= 0.3 is 0 Å². The van der Waals surface area contributed by atoms with Crippen LogP contribution < -0.4 is 5.73 Å². The molecular formula is C9H12N2O2. The third kappa shape index (κ3) is 1.96. The molecule has 0 aliphatic heterocycles. The van der Waals surface area contributed by atoms with Gasteiger partial charge in [0.15, 0.2) is 0 Å². The Morgan fingerprint density at radius 1 is 1.46 bits per heavy atom. The first-order valence-electron chi connectivity index (χ1n) is 4.06. The molecule has 2 N–H and O–H groups in total. The van der Waals surface area contributed by atoms with Crippen LogP contribution in [0.15, 0.2) is 18.2 Å². The van der Waals surface area contributed by atoms with Crippen molar-refractivity contribution in [1.82, 2.24) is 0 Å². The number of benzene rings is 1. The van der Waals surface area contributed by atoms with Crippen LogP contribution in [0.4, 0.5) is 11.4 Å². The monoisotopic (exact) mass is 180 g/mol. The molecule has 0 atom stereocenters. The zero-order valence-corrected chi connectivity index (χ0v) is 7.65. The summed E-state index contributed by atoms with van der Waals surface area (Å²) < 4.78 is 0. The van der Waals surface area contributed by atoms with Gasteiger partial charge in [0.2, 0.25) is 0 Å². The quantitative estimate of drug-likeness (QED) is 0.431. The second-order valence-corrected chi connectivity index (χ2v) is 3.23. The lowest BCUT2D eigenvalue weighted by Crippen LogP contribution is -1.98. The van der Waals surface area contributed by atoms with Crippen molar-refractivity contribution in [3.8, 4) is 0 Å². The van der Waals surface area contributed by atoms with Gasteiger partial charge in [0, 0.05) is 17.8 Å². The minimum absolute atomic E-state index is 0.0434. The van der Waals surface area contributed by atoms with Crippen molar-refractivity contribution in [2.45, 2.75) is 19.8 Å². The lowest BCUT2D eigenvalue weighted by atomic mass is 10.0. The van der Waals surface area contributed by atoms with Gasteiger partial charge in [-0.3, -0.25) is 10.1 Å². The highest BCUT2D eigenvalue weighted by molar-refractivity contribution is 5.54. The Balaban J connectivity index is 3.13. The van der Waals surface area contributed by atoms with Crippen LogP contribution in [0.2, 0.25) is 0 Å². The third-order valence-corrected chi connectivity index (χ3v) is 1.90. The number of non-ortho nitro benzene ring substituents is 1. The summed E-state index contributed by atoms with van der Waals surface area (Å²) in [5.74, 6) is 0.292. The van der Waals surface area contributed by atoms with Gasteiger partial charge in [-0.15, -0.1) is 0 Å². The lowest BCUT2D eigenvalue weighted by molar-refractivity contribution is -0.384. The number of hydrogen-bond acceptors (Lipinski definition) is 3. The van der Waals surface area contributed by atoms with E-state index in [0.29, 0.717) is 11.6 Å². The number of nitrogens with two attached hydrogens (primary N) is 1. The molecule has 4 heteroatoms. The maximum atomic E-state index is 10.4. The summed E-state index contributed by atoms with van der Waals surface area (Å²) in [5.41, 5.74) is 7.14. The van der Waals surface area contributed by atoms with Gasteiger partial charge in [-0.25, -0.2) is 0 Å². The van der Waals surface area contributed by atoms with Crippen LogP contribution in [0, 0.1) is 10.1 Å². The van der Waals surface area contributed by atoms with E-state index in [4.69, 9.17) is 5.73 Å². The van der Waals surface area contributed by atoms with Crippen molar-refractivity contribution in [1.29, 1.82) is 0 Å². The van der Waals surface area contributed by atoms with Gasteiger partial charge < -0.3 is 5.73 Å². The Morgan fingerprint density at radius 2 is 2.08 bits per heavy atom. The number of nitrogen functional groups attached to an aromatic ring is 1. The van der Waals surface area contributed by atoms with Crippen molar-refractivity contribution in [3.63, 3.8) is 0 Å². The third-order valence-electron chi connectivity index (χ3n) is 1.90. The molecular weight excluding hydrogens is 168 g/mol. The first-order chi connectivity index (χ1) is 6.02. The molecule has 1 rings (SSSR count). The van der Waals surface area contributed by atoms with Gasteiger partial charge in [0.1, 0.15) is 0 Å². The molecule has 0 bridgehead atoms. The van der Waals surface area contributed by atoms with Gasteiger partial charge in [-0.1, -0.05) is 13.8 Å². The standard InChI is InChI=1S/C9H12N2O2/c1-6(2)8-4-3-7(11(12)13)5-9(8)10/h3-6H,10H2,1-2H3. The van der Waals surface area contributed by atoms with E-state index in [2.05, 4.69) is 0 Å². The van der Waals surface area contributed by atoms with Crippen LogP contribution in [0.5, 0.6) is 0 Å². The van der Waals surface area contributed by atoms with E-state index in [1.165, 1.54) is 12.1 Å². The van der Waals surface area contributed by atoms with E-state index in [1.807, 2.05) is 13.8 Å². The zero-order chi connectivity index (χ0) is 10.0. The van der Waals surface area contributed by atoms with Crippen LogP contribution in [0.25, 0.3) is 0 Å². The molecule has 1 aromatic carbocycles. The first kappa shape index (κ1) is 9.51. The van der Waals surface area contributed by atoms with Crippen LogP contribution in [0.1, 0.15) is 25.3 Å². The molecule has 1 aromatic rings.